The topological polar surface area (TPSA) is 77.8 Å². The zero-order valence-electron chi connectivity index (χ0n) is 14.7. The van der Waals surface area contributed by atoms with Gasteiger partial charge in [-0.15, -0.1) is 0 Å². The standard InChI is InChI=1S/C19H17Cl2N3O2S/c1-19(2)6-11-14(12(25)7-19)13(9-4-3-8(20)5-10(9)21)15-16(22-11)23-18(27)24-17(15)26/h3-5,13H,6-7H2,1-2H3,(H3,22,23,24,26,27)/t13-/m0/s1. The number of hydrogen-bond donors (Lipinski definition) is 3. The van der Waals surface area contributed by atoms with Gasteiger partial charge in [0.2, 0.25) is 0 Å². The monoisotopic (exact) mass is 421 g/mol. The summed E-state index contributed by atoms with van der Waals surface area (Å²) in [5.74, 6) is -0.0681. The molecule has 0 saturated carbocycles. The van der Waals surface area contributed by atoms with Crippen LogP contribution in [-0.4, -0.2) is 15.8 Å². The van der Waals surface area contributed by atoms with Crippen LogP contribution in [0.4, 0.5) is 5.82 Å². The van der Waals surface area contributed by atoms with Crippen LogP contribution in [0.5, 0.6) is 0 Å². The molecule has 5 nitrogen and oxygen atoms in total. The Morgan fingerprint density at radius 3 is 2.59 bits per heavy atom. The number of benzene rings is 1. The summed E-state index contributed by atoms with van der Waals surface area (Å²) in [4.78, 5) is 31.5. The van der Waals surface area contributed by atoms with Crippen molar-refractivity contribution in [3.63, 3.8) is 0 Å². The number of aromatic amines is 2. The van der Waals surface area contributed by atoms with Crippen molar-refractivity contribution in [1.29, 1.82) is 0 Å². The number of anilines is 1. The number of ketones is 1. The SMILES string of the molecule is CC1(C)CC(=O)C2=C(C1)Nc1[nH]c(=S)[nH]c(=O)c1[C@H]2c1ccc(Cl)cc1Cl. The number of nitrogens with one attached hydrogen (secondary N) is 3. The zero-order chi connectivity index (χ0) is 19.5. The zero-order valence-corrected chi connectivity index (χ0v) is 17.0. The van der Waals surface area contributed by atoms with Gasteiger partial charge >= 0.3 is 0 Å². The number of halogens is 2. The molecule has 0 bridgehead atoms. The third-order valence-electron chi connectivity index (χ3n) is 5.03. The van der Waals surface area contributed by atoms with Crippen molar-refractivity contribution in [2.24, 2.45) is 5.41 Å². The van der Waals surface area contributed by atoms with Crippen LogP contribution < -0.4 is 10.9 Å². The summed E-state index contributed by atoms with van der Waals surface area (Å²) in [7, 11) is 0. The summed E-state index contributed by atoms with van der Waals surface area (Å²) in [5.41, 5.74) is 1.94. The number of Topliss-reactive ketones (excluding diaryl/α,β-unsaturated/α-hetero) is 1. The molecule has 27 heavy (non-hydrogen) atoms. The maximum absolute atomic E-state index is 13.1. The second-order valence-corrected chi connectivity index (χ2v) is 9.01. The van der Waals surface area contributed by atoms with Gasteiger partial charge in [-0.05, 0) is 41.7 Å². The molecule has 0 amide bonds. The first-order valence-corrected chi connectivity index (χ1v) is 9.67. The minimum atomic E-state index is -0.583. The van der Waals surface area contributed by atoms with E-state index in [0.29, 0.717) is 45.4 Å². The van der Waals surface area contributed by atoms with Crippen LogP contribution in [0.2, 0.25) is 10.0 Å². The number of carbonyl (C=O) groups excluding carboxylic acids is 1. The van der Waals surface area contributed by atoms with Crippen LogP contribution in [-0.2, 0) is 4.79 Å². The first kappa shape index (κ1) is 18.5. The number of carbonyl (C=O) groups is 1. The van der Waals surface area contributed by atoms with Gasteiger partial charge in [0.1, 0.15) is 5.82 Å². The van der Waals surface area contributed by atoms with Crippen molar-refractivity contribution in [3.8, 4) is 0 Å². The lowest BCUT2D eigenvalue weighted by atomic mass is 9.69. The number of fused-ring (bicyclic) bond motifs is 1. The summed E-state index contributed by atoms with van der Waals surface area (Å²) < 4.78 is 0.220. The Morgan fingerprint density at radius 2 is 1.89 bits per heavy atom. The molecule has 140 valence electrons. The van der Waals surface area contributed by atoms with E-state index in [4.69, 9.17) is 35.4 Å². The molecule has 0 saturated heterocycles. The van der Waals surface area contributed by atoms with Crippen molar-refractivity contribution in [2.45, 2.75) is 32.6 Å². The molecule has 1 atom stereocenters. The minimum Gasteiger partial charge on any atom is -0.344 e. The van der Waals surface area contributed by atoms with Gasteiger partial charge in [-0.2, -0.15) is 0 Å². The van der Waals surface area contributed by atoms with E-state index in [1.165, 1.54) is 0 Å². The van der Waals surface area contributed by atoms with Crippen LogP contribution in [0, 0.1) is 10.2 Å². The molecule has 8 heteroatoms. The van der Waals surface area contributed by atoms with E-state index in [9.17, 15) is 9.59 Å². The molecule has 3 N–H and O–H groups in total. The normalized spacial score (nSPS) is 20.7. The summed E-state index contributed by atoms with van der Waals surface area (Å²) in [6.45, 7) is 4.10. The second-order valence-electron chi connectivity index (χ2n) is 7.75. The number of H-pyrrole nitrogens is 2. The largest absolute Gasteiger partial charge is 0.344 e. The van der Waals surface area contributed by atoms with Crippen LogP contribution >= 0.6 is 35.4 Å². The Morgan fingerprint density at radius 1 is 1.15 bits per heavy atom. The Hall–Kier alpha value is -1.89. The average molecular weight is 422 g/mol. The van der Waals surface area contributed by atoms with E-state index in [-0.39, 0.29) is 21.5 Å². The average Bonchev–Trinajstić information content (AvgIpc) is 2.51. The van der Waals surface area contributed by atoms with Gasteiger partial charge < -0.3 is 10.3 Å². The first-order chi connectivity index (χ1) is 12.7. The van der Waals surface area contributed by atoms with Crippen molar-refractivity contribution >= 4 is 47.0 Å². The third-order valence-corrected chi connectivity index (χ3v) is 5.79. The van der Waals surface area contributed by atoms with E-state index in [0.717, 1.165) is 5.70 Å². The van der Waals surface area contributed by atoms with Gasteiger partial charge in [0.25, 0.3) is 5.56 Å². The van der Waals surface area contributed by atoms with E-state index < -0.39 is 5.92 Å². The molecule has 4 rings (SSSR count). The molecular formula is C19H17Cl2N3O2S. The third kappa shape index (κ3) is 3.16. The summed E-state index contributed by atoms with van der Waals surface area (Å²) in [6, 6.07) is 5.10. The Kier molecular flexibility index (Phi) is 4.33. The summed E-state index contributed by atoms with van der Waals surface area (Å²) in [5, 5.41) is 4.14. The highest BCUT2D eigenvalue weighted by Crippen LogP contribution is 2.48. The van der Waals surface area contributed by atoms with E-state index in [1.54, 1.807) is 18.2 Å². The van der Waals surface area contributed by atoms with Crippen molar-refractivity contribution in [3.05, 3.63) is 65.8 Å². The Bertz CT molecular complexity index is 1130. The molecule has 1 aromatic heterocycles. The number of allylic oxidation sites excluding steroid dienone is 2. The maximum Gasteiger partial charge on any atom is 0.257 e. The molecule has 2 heterocycles. The summed E-state index contributed by atoms with van der Waals surface area (Å²) in [6.07, 6.45) is 1.09. The van der Waals surface area contributed by atoms with Crippen LogP contribution in [0.25, 0.3) is 0 Å². The molecular weight excluding hydrogens is 405 g/mol. The fraction of sp³-hybridized carbons (Fsp3) is 0.316. The van der Waals surface area contributed by atoms with Gasteiger partial charge in [0, 0.05) is 33.7 Å². The highest BCUT2D eigenvalue weighted by atomic mass is 35.5. The molecule has 2 aromatic rings. The maximum atomic E-state index is 13.1. The van der Waals surface area contributed by atoms with Crippen molar-refractivity contribution in [2.75, 3.05) is 5.32 Å². The Balaban J connectivity index is 2.04. The molecule has 0 spiro atoms. The lowest BCUT2D eigenvalue weighted by Crippen LogP contribution is -2.37. The van der Waals surface area contributed by atoms with Crippen LogP contribution in [0.1, 0.15) is 43.7 Å². The van der Waals surface area contributed by atoms with Crippen LogP contribution in [0.15, 0.2) is 34.3 Å². The van der Waals surface area contributed by atoms with Gasteiger partial charge in [-0.3, -0.25) is 14.6 Å². The lowest BCUT2D eigenvalue weighted by Gasteiger charge is -2.38. The molecule has 2 aliphatic rings. The second kappa shape index (κ2) is 6.33. The smallest absolute Gasteiger partial charge is 0.257 e. The predicted molar refractivity (Wildman–Crippen MR) is 109 cm³/mol. The fourth-order valence-electron chi connectivity index (χ4n) is 3.99. The first-order valence-electron chi connectivity index (χ1n) is 8.51. The molecule has 0 fully saturated rings. The minimum absolute atomic E-state index is 0.0114. The molecule has 0 unspecified atom stereocenters. The highest BCUT2D eigenvalue weighted by Gasteiger charge is 2.42. The van der Waals surface area contributed by atoms with Gasteiger partial charge in [-0.1, -0.05) is 43.1 Å². The quantitative estimate of drug-likeness (QED) is 0.569. The van der Waals surface area contributed by atoms with Gasteiger partial charge in [0.05, 0.1) is 5.56 Å². The lowest BCUT2D eigenvalue weighted by molar-refractivity contribution is -0.118. The molecule has 1 aliphatic carbocycles. The van der Waals surface area contributed by atoms with E-state index in [1.807, 2.05) is 0 Å². The number of aromatic nitrogens is 2. The highest BCUT2D eigenvalue weighted by molar-refractivity contribution is 7.71. The molecule has 0 radical (unpaired) electrons. The summed E-state index contributed by atoms with van der Waals surface area (Å²) >= 11 is 17.6. The number of hydrogen-bond acceptors (Lipinski definition) is 4. The predicted octanol–water partition coefficient (Wildman–Crippen LogP) is 4.94. The fourth-order valence-corrected chi connectivity index (χ4v) is 4.71. The molecule has 1 aliphatic heterocycles. The molecule has 1 aromatic carbocycles. The van der Waals surface area contributed by atoms with Gasteiger partial charge in [0.15, 0.2) is 10.6 Å². The van der Waals surface area contributed by atoms with E-state index >= 15 is 0 Å². The van der Waals surface area contributed by atoms with Crippen molar-refractivity contribution in [1.82, 2.24) is 9.97 Å². The van der Waals surface area contributed by atoms with E-state index in [2.05, 4.69) is 29.1 Å². The Labute approximate surface area is 170 Å². The van der Waals surface area contributed by atoms with Crippen molar-refractivity contribution < 1.29 is 4.79 Å². The van der Waals surface area contributed by atoms with Gasteiger partial charge in [-0.25, -0.2) is 0 Å². The number of rotatable bonds is 1. The van der Waals surface area contributed by atoms with Crippen LogP contribution in [0.3, 0.4) is 0 Å².